The number of thioether (sulfide) groups is 1. The van der Waals surface area contributed by atoms with Gasteiger partial charge in [-0.15, -0.1) is 0 Å². The smallest absolute Gasteiger partial charge is 0.0635 e. The highest BCUT2D eigenvalue weighted by molar-refractivity contribution is 7.98. The van der Waals surface area contributed by atoms with Crippen molar-refractivity contribution in [1.29, 1.82) is 0 Å². The Balaban J connectivity index is 2.41. The molecule has 0 bridgehead atoms. The first kappa shape index (κ1) is 12.7. The summed E-state index contributed by atoms with van der Waals surface area (Å²) in [6.45, 7) is 4.51. The molecule has 0 fully saturated rings. The van der Waals surface area contributed by atoms with E-state index in [-0.39, 0.29) is 0 Å². The number of benzene rings is 1. The van der Waals surface area contributed by atoms with Gasteiger partial charge in [0.25, 0.3) is 0 Å². The van der Waals surface area contributed by atoms with E-state index in [2.05, 4.69) is 13.8 Å². The highest BCUT2D eigenvalue weighted by Gasteiger charge is 2.01. The Morgan fingerprint density at radius 3 is 2.80 bits per heavy atom. The molecule has 0 heterocycles. The summed E-state index contributed by atoms with van der Waals surface area (Å²) in [6, 6.07) is 5.88. The summed E-state index contributed by atoms with van der Waals surface area (Å²) < 4.78 is 0. The lowest BCUT2D eigenvalue weighted by molar-refractivity contribution is 0.637. The van der Waals surface area contributed by atoms with E-state index in [0.717, 1.165) is 11.7 Å². The van der Waals surface area contributed by atoms with E-state index in [0.29, 0.717) is 10.7 Å². The number of rotatable bonds is 5. The third kappa shape index (κ3) is 4.35. The number of hydrogen-bond acceptors (Lipinski definition) is 2. The Hall–Kier alpha value is -0.340. The van der Waals surface area contributed by atoms with E-state index in [1.165, 1.54) is 17.7 Å². The summed E-state index contributed by atoms with van der Waals surface area (Å²) in [5.41, 5.74) is 7.67. The Labute approximate surface area is 101 Å². The van der Waals surface area contributed by atoms with Crippen LogP contribution in [0.3, 0.4) is 0 Å². The van der Waals surface area contributed by atoms with Crippen molar-refractivity contribution in [3.05, 3.63) is 28.8 Å². The van der Waals surface area contributed by atoms with Gasteiger partial charge in [-0.25, -0.2) is 0 Å². The van der Waals surface area contributed by atoms with Crippen LogP contribution in [-0.4, -0.2) is 5.75 Å². The van der Waals surface area contributed by atoms with Crippen molar-refractivity contribution >= 4 is 29.1 Å². The van der Waals surface area contributed by atoms with Crippen molar-refractivity contribution in [2.75, 3.05) is 11.5 Å². The molecule has 0 aliphatic rings. The predicted molar refractivity (Wildman–Crippen MR) is 71.5 cm³/mol. The minimum Gasteiger partial charge on any atom is -0.398 e. The zero-order valence-corrected chi connectivity index (χ0v) is 10.9. The van der Waals surface area contributed by atoms with Crippen molar-refractivity contribution in [3.8, 4) is 0 Å². The first-order valence-corrected chi connectivity index (χ1v) is 6.78. The minimum absolute atomic E-state index is 0.644. The van der Waals surface area contributed by atoms with E-state index in [9.17, 15) is 0 Å². The van der Waals surface area contributed by atoms with Gasteiger partial charge in [-0.2, -0.15) is 11.8 Å². The van der Waals surface area contributed by atoms with Gasteiger partial charge < -0.3 is 5.73 Å². The van der Waals surface area contributed by atoms with Gasteiger partial charge in [0.15, 0.2) is 0 Å². The topological polar surface area (TPSA) is 26.0 Å². The molecule has 0 saturated heterocycles. The summed E-state index contributed by atoms with van der Waals surface area (Å²) in [7, 11) is 0. The summed E-state index contributed by atoms with van der Waals surface area (Å²) >= 11 is 7.81. The van der Waals surface area contributed by atoms with Crippen molar-refractivity contribution in [2.45, 2.75) is 26.0 Å². The second-order valence-corrected chi connectivity index (χ2v) is 5.32. The number of anilines is 1. The lowest BCUT2D eigenvalue weighted by Crippen LogP contribution is -1.96. The van der Waals surface area contributed by atoms with E-state index in [1.54, 1.807) is 0 Å². The fourth-order valence-corrected chi connectivity index (χ4v) is 2.47. The molecule has 0 saturated carbocycles. The number of halogens is 1. The van der Waals surface area contributed by atoms with Crippen LogP contribution in [-0.2, 0) is 5.75 Å². The molecule has 1 atom stereocenters. The largest absolute Gasteiger partial charge is 0.398 e. The predicted octanol–water partition coefficient (Wildman–Crippen LogP) is 4.20. The Morgan fingerprint density at radius 2 is 2.20 bits per heavy atom. The van der Waals surface area contributed by atoms with E-state index < -0.39 is 0 Å². The second-order valence-electron chi connectivity index (χ2n) is 3.88. The summed E-state index contributed by atoms with van der Waals surface area (Å²) in [4.78, 5) is 0. The van der Waals surface area contributed by atoms with Gasteiger partial charge in [0, 0.05) is 5.75 Å². The fraction of sp³-hybridized carbons (Fsp3) is 0.500. The molecule has 0 spiro atoms. The van der Waals surface area contributed by atoms with Crippen LogP contribution in [0.25, 0.3) is 0 Å². The third-order valence-electron chi connectivity index (χ3n) is 2.43. The Bertz CT molecular complexity index is 314. The standard InChI is InChI=1S/C12H18ClNS/c1-3-9(2)7-15-8-10-4-5-11(13)12(14)6-10/h4-6,9H,3,7-8,14H2,1-2H3. The molecule has 0 aliphatic carbocycles. The van der Waals surface area contributed by atoms with Crippen LogP contribution in [0.1, 0.15) is 25.8 Å². The first-order valence-electron chi connectivity index (χ1n) is 5.25. The number of nitrogen functional groups attached to an aromatic ring is 1. The molecule has 0 aromatic heterocycles. The van der Waals surface area contributed by atoms with Gasteiger partial charge in [-0.3, -0.25) is 0 Å². The fourth-order valence-electron chi connectivity index (χ4n) is 1.18. The average Bonchev–Trinajstić information content (AvgIpc) is 2.23. The van der Waals surface area contributed by atoms with E-state index in [4.69, 9.17) is 17.3 Å². The molecule has 1 aromatic rings. The lowest BCUT2D eigenvalue weighted by atomic mass is 10.2. The van der Waals surface area contributed by atoms with E-state index in [1.807, 2.05) is 30.0 Å². The normalized spacial score (nSPS) is 12.7. The van der Waals surface area contributed by atoms with Crippen molar-refractivity contribution in [2.24, 2.45) is 5.92 Å². The van der Waals surface area contributed by atoms with Crippen molar-refractivity contribution < 1.29 is 0 Å². The van der Waals surface area contributed by atoms with Gasteiger partial charge in [0.05, 0.1) is 10.7 Å². The molecule has 1 nitrogen and oxygen atoms in total. The van der Waals surface area contributed by atoms with Crippen LogP contribution in [0.2, 0.25) is 5.02 Å². The molecule has 1 aromatic carbocycles. The van der Waals surface area contributed by atoms with Crippen LogP contribution in [0, 0.1) is 5.92 Å². The molecule has 3 heteroatoms. The number of hydrogen-bond donors (Lipinski definition) is 1. The van der Waals surface area contributed by atoms with Crippen molar-refractivity contribution in [1.82, 2.24) is 0 Å². The molecule has 2 N–H and O–H groups in total. The third-order valence-corrected chi connectivity index (χ3v) is 4.11. The summed E-state index contributed by atoms with van der Waals surface area (Å²) in [5, 5.41) is 0.644. The van der Waals surface area contributed by atoms with Crippen molar-refractivity contribution in [3.63, 3.8) is 0 Å². The minimum atomic E-state index is 0.644. The van der Waals surface area contributed by atoms with Gasteiger partial charge >= 0.3 is 0 Å². The lowest BCUT2D eigenvalue weighted by Gasteiger charge is -2.08. The van der Waals surface area contributed by atoms with Gasteiger partial charge in [-0.05, 0) is 29.4 Å². The zero-order chi connectivity index (χ0) is 11.3. The molecular formula is C12H18ClNS. The SMILES string of the molecule is CCC(C)CSCc1ccc(Cl)c(N)c1. The summed E-state index contributed by atoms with van der Waals surface area (Å²) in [5.74, 6) is 3.02. The molecule has 1 rings (SSSR count). The van der Waals surface area contributed by atoms with Crippen LogP contribution in [0.4, 0.5) is 5.69 Å². The molecular weight excluding hydrogens is 226 g/mol. The maximum Gasteiger partial charge on any atom is 0.0635 e. The van der Waals surface area contributed by atoms with Crippen LogP contribution in [0.5, 0.6) is 0 Å². The van der Waals surface area contributed by atoms with Crippen LogP contribution >= 0.6 is 23.4 Å². The van der Waals surface area contributed by atoms with Crippen LogP contribution in [0.15, 0.2) is 18.2 Å². The quantitative estimate of drug-likeness (QED) is 0.785. The maximum absolute atomic E-state index is 5.86. The highest BCUT2D eigenvalue weighted by Crippen LogP contribution is 2.23. The monoisotopic (exact) mass is 243 g/mol. The molecule has 1 unspecified atom stereocenters. The van der Waals surface area contributed by atoms with Gasteiger partial charge in [-0.1, -0.05) is 37.9 Å². The molecule has 0 amide bonds. The molecule has 0 radical (unpaired) electrons. The van der Waals surface area contributed by atoms with Gasteiger partial charge in [0.2, 0.25) is 0 Å². The molecule has 84 valence electrons. The molecule has 15 heavy (non-hydrogen) atoms. The van der Waals surface area contributed by atoms with Gasteiger partial charge in [0.1, 0.15) is 0 Å². The zero-order valence-electron chi connectivity index (χ0n) is 9.29. The Morgan fingerprint density at radius 1 is 1.47 bits per heavy atom. The van der Waals surface area contributed by atoms with E-state index >= 15 is 0 Å². The Kier molecular flexibility index (Phi) is 5.34. The average molecular weight is 244 g/mol. The highest BCUT2D eigenvalue weighted by atomic mass is 35.5. The summed E-state index contributed by atoms with van der Waals surface area (Å²) in [6.07, 6.45) is 1.25. The second kappa shape index (κ2) is 6.29. The first-order chi connectivity index (χ1) is 7.13. The van der Waals surface area contributed by atoms with Crippen LogP contribution < -0.4 is 5.73 Å². The number of nitrogens with two attached hydrogens (primary N) is 1. The molecule has 0 aliphatic heterocycles. The maximum atomic E-state index is 5.86.